The van der Waals surface area contributed by atoms with Gasteiger partial charge in [-0.05, 0) is 18.6 Å². The second-order valence-electron chi connectivity index (χ2n) is 6.86. The quantitative estimate of drug-likeness (QED) is 0.599. The van der Waals surface area contributed by atoms with Gasteiger partial charge in [-0.3, -0.25) is 9.59 Å². The average molecular weight is 403 g/mol. The fourth-order valence-corrected chi connectivity index (χ4v) is 3.12. The number of alkyl halides is 2. The average Bonchev–Trinajstić information content (AvgIpc) is 3.12. The van der Waals surface area contributed by atoms with Gasteiger partial charge < -0.3 is 20.5 Å². The summed E-state index contributed by atoms with van der Waals surface area (Å²) in [5.74, 6) is -2.78. The number of aryl methyl sites for hydroxylation is 1. The summed E-state index contributed by atoms with van der Waals surface area (Å²) in [5, 5.41) is 12.3. The van der Waals surface area contributed by atoms with E-state index in [1.807, 2.05) is 0 Å². The predicted octanol–water partition coefficient (Wildman–Crippen LogP) is 1.74. The summed E-state index contributed by atoms with van der Waals surface area (Å²) in [6.07, 6.45) is 2.88. The Morgan fingerprint density at radius 1 is 1.38 bits per heavy atom. The van der Waals surface area contributed by atoms with Gasteiger partial charge in [0.05, 0.1) is 12.2 Å². The molecule has 0 aliphatic heterocycles. The van der Waals surface area contributed by atoms with E-state index >= 15 is 0 Å². The molecule has 3 aromatic rings. The number of halogens is 2. The minimum atomic E-state index is -2.90. The normalized spacial score (nSPS) is 17.6. The van der Waals surface area contributed by atoms with Gasteiger partial charge in [-0.25, -0.2) is 13.8 Å². The van der Waals surface area contributed by atoms with E-state index < -0.39 is 17.9 Å². The summed E-state index contributed by atoms with van der Waals surface area (Å²) in [6, 6.07) is 3.74. The maximum absolute atomic E-state index is 13.5. The van der Waals surface area contributed by atoms with Crippen molar-refractivity contribution in [1.29, 1.82) is 0 Å². The molecule has 0 aromatic carbocycles. The number of anilines is 3. The van der Waals surface area contributed by atoms with E-state index in [2.05, 4.69) is 26.0 Å². The highest BCUT2D eigenvalue weighted by Crippen LogP contribution is 2.37. The Morgan fingerprint density at radius 3 is 2.83 bits per heavy atom. The molecule has 1 aliphatic carbocycles. The van der Waals surface area contributed by atoms with E-state index in [4.69, 9.17) is 0 Å². The van der Waals surface area contributed by atoms with Crippen LogP contribution < -0.4 is 21.5 Å². The van der Waals surface area contributed by atoms with Crippen molar-refractivity contribution in [1.82, 2.24) is 24.5 Å². The summed E-state index contributed by atoms with van der Waals surface area (Å²) >= 11 is 0. The van der Waals surface area contributed by atoms with Crippen molar-refractivity contribution in [2.24, 2.45) is 7.05 Å². The third-order valence-electron chi connectivity index (χ3n) is 4.94. The van der Waals surface area contributed by atoms with Crippen LogP contribution in [0.15, 0.2) is 35.4 Å². The fraction of sp³-hybridized carbons (Fsp3) is 0.333. The molecule has 1 amide bonds. The molecule has 1 aliphatic rings. The van der Waals surface area contributed by atoms with Gasteiger partial charge in [-0.15, -0.1) is 0 Å². The molecule has 4 rings (SSSR count). The molecule has 3 heterocycles. The zero-order valence-electron chi connectivity index (χ0n) is 15.7. The van der Waals surface area contributed by atoms with Crippen LogP contribution in [0.5, 0.6) is 0 Å². The Morgan fingerprint density at radius 2 is 2.17 bits per heavy atom. The van der Waals surface area contributed by atoms with E-state index in [0.29, 0.717) is 17.3 Å². The first-order valence-electron chi connectivity index (χ1n) is 8.98. The van der Waals surface area contributed by atoms with Crippen LogP contribution in [0.25, 0.3) is 5.65 Å². The summed E-state index contributed by atoms with van der Waals surface area (Å²) in [4.78, 5) is 29.2. The van der Waals surface area contributed by atoms with Crippen molar-refractivity contribution in [2.75, 3.05) is 17.7 Å². The maximum Gasteiger partial charge on any atom is 0.274 e. The number of rotatable bonds is 5. The highest BCUT2D eigenvalue weighted by Gasteiger charge is 2.49. The van der Waals surface area contributed by atoms with Gasteiger partial charge in [0.2, 0.25) is 0 Å². The topological polar surface area (TPSA) is 105 Å². The zero-order chi connectivity index (χ0) is 20.8. The summed E-state index contributed by atoms with van der Waals surface area (Å²) in [7, 11) is 3.29. The van der Waals surface area contributed by atoms with Gasteiger partial charge >= 0.3 is 0 Å². The fourth-order valence-electron chi connectivity index (χ4n) is 3.12. The van der Waals surface area contributed by atoms with Crippen LogP contribution in [0.2, 0.25) is 0 Å². The number of carbonyl (C=O) groups excluding carboxylic acids is 1. The minimum Gasteiger partial charge on any atom is -0.373 e. The molecule has 0 saturated heterocycles. The number of fused-ring (bicyclic) bond motifs is 1. The van der Waals surface area contributed by atoms with Crippen LogP contribution in [-0.2, 0) is 7.05 Å². The van der Waals surface area contributed by atoms with E-state index in [9.17, 15) is 18.4 Å². The standard InChI is InChI=1S/C18H19F2N7O2/c1-21-14-8-13(23-11-4-3-7-26(2)17(11)29)25-15-10(9-22-27(14)15)16(28)24-12-5-6-18(12,19)20/h3-4,7-9,12,21H,5-6H2,1-2H3,(H,23,25)(H,24,28)/t12-/m0/s1. The lowest BCUT2D eigenvalue weighted by Gasteiger charge is -2.36. The number of nitrogens with zero attached hydrogens (tertiary/aromatic N) is 4. The van der Waals surface area contributed by atoms with Gasteiger partial charge in [0.25, 0.3) is 17.4 Å². The second kappa shape index (κ2) is 6.83. The van der Waals surface area contributed by atoms with E-state index in [1.165, 1.54) is 15.3 Å². The van der Waals surface area contributed by atoms with Crippen molar-refractivity contribution in [3.8, 4) is 0 Å². The predicted molar refractivity (Wildman–Crippen MR) is 103 cm³/mol. The first-order chi connectivity index (χ1) is 13.8. The smallest absolute Gasteiger partial charge is 0.274 e. The van der Waals surface area contributed by atoms with Crippen LogP contribution in [-0.4, -0.2) is 44.1 Å². The van der Waals surface area contributed by atoms with Crippen LogP contribution >= 0.6 is 0 Å². The number of amides is 1. The van der Waals surface area contributed by atoms with Gasteiger partial charge in [-0.1, -0.05) is 0 Å². The van der Waals surface area contributed by atoms with Gasteiger partial charge in [0.15, 0.2) is 5.65 Å². The number of hydrogen-bond donors (Lipinski definition) is 3. The Bertz CT molecular complexity index is 1150. The number of hydrogen-bond acceptors (Lipinski definition) is 6. The lowest BCUT2D eigenvalue weighted by molar-refractivity contribution is -0.102. The molecule has 29 heavy (non-hydrogen) atoms. The Hall–Kier alpha value is -3.50. The van der Waals surface area contributed by atoms with Crippen molar-refractivity contribution < 1.29 is 13.6 Å². The minimum absolute atomic E-state index is 0.0637. The summed E-state index contributed by atoms with van der Waals surface area (Å²) in [5.41, 5.74) is 0.286. The van der Waals surface area contributed by atoms with Gasteiger partial charge in [0.1, 0.15) is 22.9 Å². The van der Waals surface area contributed by atoms with Crippen molar-refractivity contribution in [3.05, 3.63) is 46.5 Å². The molecule has 0 radical (unpaired) electrons. The van der Waals surface area contributed by atoms with E-state index in [-0.39, 0.29) is 29.6 Å². The van der Waals surface area contributed by atoms with Crippen molar-refractivity contribution in [3.63, 3.8) is 0 Å². The highest BCUT2D eigenvalue weighted by atomic mass is 19.3. The SMILES string of the molecule is CNc1cc(Nc2cccn(C)c2=O)nc2c(C(=O)N[C@H]3CCC3(F)F)cnn12. The maximum atomic E-state index is 13.5. The molecule has 0 unspecified atom stereocenters. The third kappa shape index (κ3) is 3.28. The second-order valence-corrected chi connectivity index (χ2v) is 6.86. The highest BCUT2D eigenvalue weighted by molar-refractivity contribution is 6.00. The Labute approximate surface area is 163 Å². The number of pyridine rings is 1. The first-order valence-corrected chi connectivity index (χ1v) is 8.98. The van der Waals surface area contributed by atoms with E-state index in [0.717, 1.165) is 0 Å². The number of carbonyl (C=O) groups is 1. The van der Waals surface area contributed by atoms with Crippen LogP contribution in [0.3, 0.4) is 0 Å². The van der Waals surface area contributed by atoms with Gasteiger partial charge in [-0.2, -0.15) is 9.61 Å². The molecule has 3 N–H and O–H groups in total. The lowest BCUT2D eigenvalue weighted by atomic mass is 9.88. The van der Waals surface area contributed by atoms with Crippen molar-refractivity contribution >= 4 is 28.9 Å². The molecule has 152 valence electrons. The molecule has 0 bridgehead atoms. The number of nitrogens with one attached hydrogen (secondary N) is 3. The van der Waals surface area contributed by atoms with Crippen LogP contribution in [0.1, 0.15) is 23.2 Å². The number of aromatic nitrogens is 4. The largest absolute Gasteiger partial charge is 0.373 e. The monoisotopic (exact) mass is 403 g/mol. The van der Waals surface area contributed by atoms with Crippen LogP contribution in [0.4, 0.5) is 26.1 Å². The zero-order valence-corrected chi connectivity index (χ0v) is 15.7. The van der Waals surface area contributed by atoms with E-state index in [1.54, 1.807) is 38.5 Å². The Balaban J connectivity index is 1.70. The van der Waals surface area contributed by atoms with Gasteiger partial charge in [0, 0.05) is 32.8 Å². The molecule has 11 heteroatoms. The molecular formula is C18H19F2N7O2. The van der Waals surface area contributed by atoms with Crippen LogP contribution in [0, 0.1) is 0 Å². The Kier molecular flexibility index (Phi) is 4.44. The molecule has 0 spiro atoms. The first kappa shape index (κ1) is 18.8. The van der Waals surface area contributed by atoms with Crippen molar-refractivity contribution in [2.45, 2.75) is 24.8 Å². The third-order valence-corrected chi connectivity index (χ3v) is 4.94. The summed E-state index contributed by atoms with van der Waals surface area (Å²) in [6.45, 7) is 0. The molecule has 1 atom stereocenters. The summed E-state index contributed by atoms with van der Waals surface area (Å²) < 4.78 is 29.8. The molecule has 1 fully saturated rings. The lowest BCUT2D eigenvalue weighted by Crippen LogP contribution is -2.55. The molecule has 1 saturated carbocycles. The molecule has 9 nitrogen and oxygen atoms in total. The molecule has 3 aromatic heterocycles. The molecular weight excluding hydrogens is 384 g/mol.